The van der Waals surface area contributed by atoms with E-state index in [1.807, 2.05) is 97.1 Å². The van der Waals surface area contributed by atoms with Gasteiger partial charge < -0.3 is 0 Å². The molecule has 149 valence electrons. The molecule has 0 bridgehead atoms. The summed E-state index contributed by atoms with van der Waals surface area (Å²) in [7, 11) is 0. The minimum absolute atomic E-state index is 0.325. The predicted molar refractivity (Wildman–Crippen MR) is 114 cm³/mol. The van der Waals surface area contributed by atoms with Gasteiger partial charge >= 0.3 is 178 Å². The van der Waals surface area contributed by atoms with Crippen molar-refractivity contribution in [3.8, 4) is 33.8 Å². The molecule has 0 amide bonds. The Balaban J connectivity index is 1.49. The molecule has 0 aliphatic carbocycles. The third-order valence-electron chi connectivity index (χ3n) is 4.79. The average Bonchev–Trinajstić information content (AvgIpc) is 2.77. The average molecular weight is 430 g/mol. The molecular weight excluding hydrogens is 408 g/mol. The maximum atomic E-state index is 10.7. The fourth-order valence-corrected chi connectivity index (χ4v) is 4.42. The van der Waals surface area contributed by atoms with Gasteiger partial charge in [0.15, 0.2) is 0 Å². The summed E-state index contributed by atoms with van der Waals surface area (Å²) in [6.07, 6.45) is 0. The summed E-state index contributed by atoms with van der Waals surface area (Å²) in [4.78, 5) is 0. The molecule has 0 unspecified atom stereocenters. The number of hydrogen-bond donors (Lipinski definition) is 2. The van der Waals surface area contributed by atoms with E-state index in [-0.39, 0.29) is 0 Å². The second kappa shape index (κ2) is 9.00. The predicted octanol–water partition coefficient (Wildman–Crippen LogP) is 6.21. The SMILES string of the molecule is Oc1c([CH2][Cu][CH2]c2cccc(-c3ccccc3)c2O)cccc1-c1ccccc1. The van der Waals surface area contributed by atoms with E-state index in [4.69, 9.17) is 0 Å². The Kier molecular flexibility index (Phi) is 6.00. The molecule has 0 heterocycles. The van der Waals surface area contributed by atoms with Gasteiger partial charge in [-0.05, 0) is 0 Å². The van der Waals surface area contributed by atoms with E-state index in [1.54, 1.807) is 15.0 Å². The number of aromatic hydroxyl groups is 2. The summed E-state index contributed by atoms with van der Waals surface area (Å²) in [5.74, 6) is 0.649. The van der Waals surface area contributed by atoms with Gasteiger partial charge in [-0.1, -0.05) is 0 Å². The number of benzene rings is 4. The Morgan fingerprint density at radius 2 is 0.897 bits per heavy atom. The first kappa shape index (κ1) is 19.3. The van der Waals surface area contributed by atoms with Crippen LogP contribution >= 0.6 is 0 Å². The van der Waals surface area contributed by atoms with Crippen molar-refractivity contribution in [2.75, 3.05) is 0 Å². The molecule has 2 N–H and O–H groups in total. The first-order valence-electron chi connectivity index (χ1n) is 9.39. The van der Waals surface area contributed by atoms with Crippen molar-refractivity contribution in [2.24, 2.45) is 0 Å². The van der Waals surface area contributed by atoms with Crippen LogP contribution in [0.1, 0.15) is 11.1 Å². The Labute approximate surface area is 177 Å². The van der Waals surface area contributed by atoms with Crippen molar-refractivity contribution in [1.82, 2.24) is 0 Å². The zero-order valence-electron chi connectivity index (χ0n) is 15.8. The van der Waals surface area contributed by atoms with Crippen LogP contribution in [-0.4, -0.2) is 10.2 Å². The molecule has 0 aliphatic rings. The monoisotopic (exact) mass is 429 g/mol. The molecule has 2 nitrogen and oxygen atoms in total. The summed E-state index contributed by atoms with van der Waals surface area (Å²) in [6, 6.07) is 31.5. The summed E-state index contributed by atoms with van der Waals surface area (Å²) >= 11 is 1.78. The molecular formula is C26H22CuO2. The van der Waals surface area contributed by atoms with Crippen LogP contribution in [0, 0.1) is 0 Å². The Hall–Kier alpha value is -3.00. The Bertz CT molecular complexity index is 1000. The van der Waals surface area contributed by atoms with Crippen LogP contribution in [0.15, 0.2) is 97.1 Å². The quantitative estimate of drug-likeness (QED) is 0.357. The van der Waals surface area contributed by atoms with Crippen LogP contribution in [0.25, 0.3) is 22.3 Å². The molecule has 0 radical (unpaired) electrons. The Morgan fingerprint density at radius 1 is 0.483 bits per heavy atom. The second-order valence-corrected chi connectivity index (χ2v) is 7.86. The van der Waals surface area contributed by atoms with Crippen LogP contribution in [0.4, 0.5) is 0 Å². The summed E-state index contributed by atoms with van der Waals surface area (Å²) < 4.78 is 0. The number of para-hydroxylation sites is 2. The summed E-state index contributed by atoms with van der Waals surface area (Å²) in [5, 5.41) is 22.8. The van der Waals surface area contributed by atoms with E-state index in [0.717, 1.165) is 33.4 Å². The van der Waals surface area contributed by atoms with Gasteiger partial charge in [0.1, 0.15) is 0 Å². The minimum atomic E-state index is 0.325. The molecule has 0 fully saturated rings. The van der Waals surface area contributed by atoms with Gasteiger partial charge in [0, 0.05) is 0 Å². The molecule has 0 saturated carbocycles. The van der Waals surface area contributed by atoms with Crippen LogP contribution < -0.4 is 0 Å². The van der Waals surface area contributed by atoms with Gasteiger partial charge in [0.05, 0.1) is 0 Å². The van der Waals surface area contributed by atoms with Crippen LogP contribution in [0.5, 0.6) is 11.5 Å². The third-order valence-corrected chi connectivity index (χ3v) is 5.98. The van der Waals surface area contributed by atoms with E-state index >= 15 is 0 Å². The number of phenolic OH excluding ortho intramolecular Hbond substituents is 2. The molecule has 4 rings (SSSR count). The second-order valence-electron chi connectivity index (χ2n) is 6.72. The van der Waals surface area contributed by atoms with E-state index in [1.165, 1.54) is 0 Å². The van der Waals surface area contributed by atoms with E-state index in [9.17, 15) is 10.2 Å². The summed E-state index contributed by atoms with van der Waals surface area (Å²) in [6.45, 7) is 0. The van der Waals surface area contributed by atoms with Gasteiger partial charge in [-0.3, -0.25) is 0 Å². The van der Waals surface area contributed by atoms with Crippen molar-refractivity contribution in [3.05, 3.63) is 108 Å². The van der Waals surface area contributed by atoms with E-state index in [2.05, 4.69) is 0 Å². The fraction of sp³-hybridized carbons (Fsp3) is 0.0769. The normalized spacial score (nSPS) is 10.9. The molecule has 4 aromatic rings. The molecule has 0 atom stereocenters. The molecule has 4 aromatic carbocycles. The molecule has 29 heavy (non-hydrogen) atoms. The molecule has 0 aromatic heterocycles. The standard InChI is InChI=1S/2C13H11O.Cu/c2*1-10-6-5-9-12(13(10)14)11-7-3-2-4-8-11;/h2*2-9,14H,1H2;. The zero-order valence-corrected chi connectivity index (χ0v) is 16.8. The van der Waals surface area contributed by atoms with Gasteiger partial charge in [-0.15, -0.1) is 0 Å². The zero-order chi connectivity index (χ0) is 20.1. The fourth-order valence-electron chi connectivity index (χ4n) is 3.26. The van der Waals surface area contributed by atoms with Gasteiger partial charge in [-0.2, -0.15) is 0 Å². The summed E-state index contributed by atoms with van der Waals surface area (Å²) in [5.41, 5.74) is 5.48. The molecule has 0 saturated heterocycles. The van der Waals surface area contributed by atoms with Crippen molar-refractivity contribution in [3.63, 3.8) is 0 Å². The first-order chi connectivity index (χ1) is 14.2. The molecule has 0 spiro atoms. The molecule has 3 heteroatoms. The van der Waals surface area contributed by atoms with Crippen molar-refractivity contribution in [1.29, 1.82) is 0 Å². The van der Waals surface area contributed by atoms with Gasteiger partial charge in [0.2, 0.25) is 0 Å². The topological polar surface area (TPSA) is 40.5 Å². The third kappa shape index (κ3) is 4.37. The first-order valence-corrected chi connectivity index (χ1v) is 10.7. The number of phenols is 2. The van der Waals surface area contributed by atoms with Crippen LogP contribution in [0.2, 0.25) is 0 Å². The van der Waals surface area contributed by atoms with Crippen molar-refractivity contribution >= 4 is 0 Å². The van der Waals surface area contributed by atoms with E-state index < -0.39 is 0 Å². The van der Waals surface area contributed by atoms with E-state index in [0.29, 0.717) is 22.1 Å². The number of rotatable bonds is 6. The van der Waals surface area contributed by atoms with Crippen molar-refractivity contribution in [2.45, 2.75) is 10.6 Å². The molecule has 0 aliphatic heterocycles. The van der Waals surface area contributed by atoms with Crippen molar-refractivity contribution < 1.29 is 25.2 Å². The van der Waals surface area contributed by atoms with Crippen LogP contribution in [0.3, 0.4) is 0 Å². The van der Waals surface area contributed by atoms with Gasteiger partial charge in [0.25, 0.3) is 0 Å². The maximum absolute atomic E-state index is 10.7. The van der Waals surface area contributed by atoms with Crippen LogP contribution in [-0.2, 0) is 25.6 Å². The Morgan fingerprint density at radius 3 is 1.31 bits per heavy atom. The van der Waals surface area contributed by atoms with Gasteiger partial charge in [-0.25, -0.2) is 0 Å². The number of hydrogen-bond acceptors (Lipinski definition) is 2.